The Morgan fingerprint density at radius 1 is 0.963 bits per heavy atom. The molecule has 0 aliphatic carbocycles. The van der Waals surface area contributed by atoms with Crippen molar-refractivity contribution in [2.75, 3.05) is 16.4 Å². The quantitative estimate of drug-likeness (QED) is 0.408. The number of thiophene rings is 1. The van der Waals surface area contributed by atoms with Gasteiger partial charge >= 0.3 is 12.0 Å². The van der Waals surface area contributed by atoms with E-state index in [1.807, 2.05) is 0 Å². The summed E-state index contributed by atoms with van der Waals surface area (Å²) in [4.78, 5) is 24.4. The molecule has 6 nitrogen and oxygen atoms in total. The summed E-state index contributed by atoms with van der Waals surface area (Å²) in [7, 11) is 0. The fourth-order valence-electron chi connectivity index (χ4n) is 2.27. The maximum atomic E-state index is 12.2. The van der Waals surface area contributed by atoms with Crippen LogP contribution in [0.1, 0.15) is 10.4 Å². The molecule has 138 valence electrons. The van der Waals surface area contributed by atoms with Gasteiger partial charge in [-0.1, -0.05) is 29.3 Å². The molecule has 2 amide bonds. The summed E-state index contributed by atoms with van der Waals surface area (Å²) in [5.41, 5.74) is 7.38. The molecule has 3 rings (SSSR count). The van der Waals surface area contributed by atoms with E-state index in [1.54, 1.807) is 42.5 Å². The molecule has 9 heteroatoms. The number of nitrogens with two attached hydrogens (primary N) is 1. The van der Waals surface area contributed by atoms with E-state index in [2.05, 4.69) is 10.6 Å². The summed E-state index contributed by atoms with van der Waals surface area (Å²) >= 11 is 13.1. The second kappa shape index (κ2) is 7.87. The zero-order valence-corrected chi connectivity index (χ0v) is 16.0. The maximum Gasteiger partial charge on any atom is 0.338 e. The Balaban J connectivity index is 1.84. The van der Waals surface area contributed by atoms with Gasteiger partial charge < -0.3 is 16.2 Å². The molecule has 27 heavy (non-hydrogen) atoms. The van der Waals surface area contributed by atoms with Crippen molar-refractivity contribution in [3.8, 4) is 10.4 Å². The predicted octanol–water partition coefficient (Wildman–Crippen LogP) is 5.65. The van der Waals surface area contributed by atoms with Crippen molar-refractivity contribution >= 4 is 62.9 Å². The Morgan fingerprint density at radius 3 is 2.30 bits per heavy atom. The molecule has 0 bridgehead atoms. The lowest BCUT2D eigenvalue weighted by Crippen LogP contribution is -2.19. The van der Waals surface area contributed by atoms with Gasteiger partial charge in [0.05, 0.1) is 15.6 Å². The number of carbonyl (C=O) groups excluding carboxylic acids is 1. The van der Waals surface area contributed by atoms with E-state index in [1.165, 1.54) is 6.07 Å². The minimum atomic E-state index is -1.15. The Bertz CT molecular complexity index is 1020. The monoisotopic (exact) mass is 421 g/mol. The number of nitrogen functional groups attached to an aromatic ring is 1. The highest BCUT2D eigenvalue weighted by molar-refractivity contribution is 7.20. The minimum absolute atomic E-state index is 0.0199. The van der Waals surface area contributed by atoms with Gasteiger partial charge in [-0.3, -0.25) is 5.32 Å². The number of carbonyl (C=O) groups is 2. The third-order valence-corrected chi connectivity index (χ3v) is 5.40. The molecular weight excluding hydrogens is 409 g/mol. The van der Waals surface area contributed by atoms with E-state index < -0.39 is 12.0 Å². The lowest BCUT2D eigenvalue weighted by atomic mass is 10.1. The van der Waals surface area contributed by atoms with Gasteiger partial charge in [0.1, 0.15) is 5.00 Å². The number of rotatable bonds is 4. The van der Waals surface area contributed by atoms with E-state index in [9.17, 15) is 14.7 Å². The van der Waals surface area contributed by atoms with E-state index in [0.29, 0.717) is 31.9 Å². The van der Waals surface area contributed by atoms with Gasteiger partial charge in [-0.25, -0.2) is 9.59 Å². The number of carboxylic acid groups (broad SMARTS) is 1. The first-order valence-electron chi connectivity index (χ1n) is 7.59. The Morgan fingerprint density at radius 2 is 1.67 bits per heavy atom. The van der Waals surface area contributed by atoms with Crippen LogP contribution in [0.3, 0.4) is 0 Å². The summed E-state index contributed by atoms with van der Waals surface area (Å²) in [5.74, 6) is -1.15. The third-order valence-electron chi connectivity index (χ3n) is 3.56. The maximum absolute atomic E-state index is 12.2. The van der Waals surface area contributed by atoms with Crippen molar-refractivity contribution in [1.29, 1.82) is 0 Å². The first-order chi connectivity index (χ1) is 12.8. The van der Waals surface area contributed by atoms with Crippen LogP contribution in [0.5, 0.6) is 0 Å². The van der Waals surface area contributed by atoms with Crippen LogP contribution < -0.4 is 16.4 Å². The largest absolute Gasteiger partial charge is 0.478 e. The normalized spacial score (nSPS) is 10.4. The number of anilines is 3. The highest BCUT2D eigenvalue weighted by Crippen LogP contribution is 2.37. The minimum Gasteiger partial charge on any atom is -0.478 e. The van der Waals surface area contributed by atoms with Crippen LogP contribution in [-0.4, -0.2) is 17.1 Å². The predicted molar refractivity (Wildman–Crippen MR) is 110 cm³/mol. The molecule has 3 aromatic rings. The van der Waals surface area contributed by atoms with Gasteiger partial charge in [0.15, 0.2) is 0 Å². The lowest BCUT2D eigenvalue weighted by molar-refractivity contribution is 0.0698. The van der Waals surface area contributed by atoms with Crippen LogP contribution in [0.4, 0.5) is 21.2 Å². The zero-order chi connectivity index (χ0) is 19.6. The molecule has 0 atom stereocenters. The number of halogens is 2. The van der Waals surface area contributed by atoms with Crippen molar-refractivity contribution in [2.45, 2.75) is 0 Å². The van der Waals surface area contributed by atoms with E-state index in [4.69, 9.17) is 28.9 Å². The standard InChI is InChI=1S/C18H13Cl2N3O3S/c19-13-6-1-9(7-14(13)20)15-8-12(17(24)25)16(27-15)23-18(26)22-11-4-2-10(21)3-5-11/h1-8H,21H2,(H,24,25)(H2,22,23,26). The SMILES string of the molecule is Nc1ccc(NC(=O)Nc2sc(-c3ccc(Cl)c(Cl)c3)cc2C(=O)O)cc1. The van der Waals surface area contributed by atoms with Crippen LogP contribution in [0.25, 0.3) is 10.4 Å². The Kier molecular flexibility index (Phi) is 5.55. The van der Waals surface area contributed by atoms with E-state index >= 15 is 0 Å². The third kappa shape index (κ3) is 4.51. The van der Waals surface area contributed by atoms with Crippen LogP contribution >= 0.6 is 34.5 Å². The number of nitrogens with one attached hydrogen (secondary N) is 2. The molecule has 0 saturated heterocycles. The molecule has 0 radical (unpaired) electrons. The summed E-state index contributed by atoms with van der Waals surface area (Å²) < 4.78 is 0. The first kappa shape index (κ1) is 19.0. The molecule has 1 heterocycles. The van der Waals surface area contributed by atoms with Gasteiger partial charge in [-0.2, -0.15) is 0 Å². The molecular formula is C18H13Cl2N3O3S. The van der Waals surface area contributed by atoms with Crippen molar-refractivity contribution in [3.63, 3.8) is 0 Å². The van der Waals surface area contributed by atoms with Crippen molar-refractivity contribution in [1.82, 2.24) is 0 Å². The van der Waals surface area contributed by atoms with Crippen LogP contribution in [-0.2, 0) is 0 Å². The van der Waals surface area contributed by atoms with Crippen molar-refractivity contribution < 1.29 is 14.7 Å². The van der Waals surface area contributed by atoms with Gasteiger partial charge in [0.2, 0.25) is 0 Å². The molecule has 1 aromatic heterocycles. The Hall–Kier alpha value is -2.74. The fraction of sp³-hybridized carbons (Fsp3) is 0. The van der Waals surface area contributed by atoms with Crippen molar-refractivity contribution in [2.24, 2.45) is 0 Å². The number of carboxylic acids is 1. The van der Waals surface area contributed by atoms with Gasteiger partial charge in [-0.15, -0.1) is 11.3 Å². The number of aromatic carboxylic acids is 1. The lowest BCUT2D eigenvalue weighted by Gasteiger charge is -2.07. The van der Waals surface area contributed by atoms with Crippen LogP contribution in [0.2, 0.25) is 10.0 Å². The second-order valence-electron chi connectivity index (χ2n) is 5.49. The zero-order valence-electron chi connectivity index (χ0n) is 13.6. The number of hydrogen-bond acceptors (Lipinski definition) is 4. The average Bonchev–Trinajstić information content (AvgIpc) is 3.03. The molecule has 0 saturated carbocycles. The smallest absolute Gasteiger partial charge is 0.338 e. The van der Waals surface area contributed by atoms with Crippen LogP contribution in [0, 0.1) is 0 Å². The summed E-state index contributed by atoms with van der Waals surface area (Å²) in [6.07, 6.45) is 0. The summed E-state index contributed by atoms with van der Waals surface area (Å²) in [6.45, 7) is 0. The van der Waals surface area contributed by atoms with E-state index in [-0.39, 0.29) is 10.6 Å². The molecule has 5 N–H and O–H groups in total. The van der Waals surface area contributed by atoms with Gasteiger partial charge in [0.25, 0.3) is 0 Å². The summed E-state index contributed by atoms with van der Waals surface area (Å²) in [5, 5.41) is 15.6. The number of urea groups is 1. The number of hydrogen-bond donors (Lipinski definition) is 4. The fourth-order valence-corrected chi connectivity index (χ4v) is 3.61. The summed E-state index contributed by atoms with van der Waals surface area (Å²) in [6, 6.07) is 12.5. The highest BCUT2D eigenvalue weighted by atomic mass is 35.5. The van der Waals surface area contributed by atoms with Gasteiger partial charge in [-0.05, 0) is 48.0 Å². The first-order valence-corrected chi connectivity index (χ1v) is 9.17. The molecule has 2 aromatic carbocycles. The second-order valence-corrected chi connectivity index (χ2v) is 7.36. The van der Waals surface area contributed by atoms with Crippen LogP contribution in [0.15, 0.2) is 48.5 Å². The number of benzene rings is 2. The molecule has 0 unspecified atom stereocenters. The number of amides is 2. The molecule has 0 spiro atoms. The topological polar surface area (TPSA) is 104 Å². The average molecular weight is 422 g/mol. The van der Waals surface area contributed by atoms with Gasteiger partial charge in [0, 0.05) is 16.3 Å². The Labute approximate surface area is 168 Å². The molecule has 0 aliphatic heterocycles. The van der Waals surface area contributed by atoms with E-state index in [0.717, 1.165) is 11.3 Å². The van der Waals surface area contributed by atoms with Crippen molar-refractivity contribution in [3.05, 3.63) is 64.1 Å². The molecule has 0 aliphatic rings. The molecule has 0 fully saturated rings. The highest BCUT2D eigenvalue weighted by Gasteiger charge is 2.18.